The van der Waals surface area contributed by atoms with E-state index in [9.17, 15) is 9.59 Å². The number of nitrogens with zero attached hydrogens (tertiary/aromatic N) is 3. The lowest BCUT2D eigenvalue weighted by Gasteiger charge is -2.19. The molecule has 6 heteroatoms. The molecular formula is C18H24N4O2. The Kier molecular flexibility index (Phi) is 6.54. The van der Waals surface area contributed by atoms with Crippen LogP contribution in [-0.2, 0) is 6.54 Å². The minimum Gasteiger partial charge on any atom is -0.373 e. The maximum atomic E-state index is 12.2. The average Bonchev–Trinajstić information content (AvgIpc) is 2.61. The molecular weight excluding hydrogens is 304 g/mol. The summed E-state index contributed by atoms with van der Waals surface area (Å²) in [7, 11) is 1.98. The van der Waals surface area contributed by atoms with Gasteiger partial charge < -0.3 is 10.2 Å². The maximum absolute atomic E-state index is 12.2. The number of rotatable bonds is 8. The van der Waals surface area contributed by atoms with E-state index in [1.54, 1.807) is 0 Å². The van der Waals surface area contributed by atoms with Crippen molar-refractivity contribution in [3.05, 3.63) is 58.5 Å². The van der Waals surface area contributed by atoms with Crippen LogP contribution in [0, 0.1) is 0 Å². The van der Waals surface area contributed by atoms with Gasteiger partial charge in [-0.25, -0.2) is 4.68 Å². The predicted octanol–water partition coefficient (Wildman–Crippen LogP) is 1.91. The van der Waals surface area contributed by atoms with Crippen molar-refractivity contribution in [2.75, 3.05) is 25.0 Å². The van der Waals surface area contributed by atoms with Crippen molar-refractivity contribution in [3.63, 3.8) is 0 Å². The van der Waals surface area contributed by atoms with Crippen LogP contribution in [0.1, 0.15) is 30.3 Å². The third-order valence-corrected chi connectivity index (χ3v) is 3.75. The quantitative estimate of drug-likeness (QED) is 0.804. The Hall–Kier alpha value is -2.63. The summed E-state index contributed by atoms with van der Waals surface area (Å²) in [5, 5.41) is 6.99. The van der Waals surface area contributed by atoms with Gasteiger partial charge in [-0.2, -0.15) is 5.10 Å². The molecule has 0 saturated heterocycles. The van der Waals surface area contributed by atoms with Crippen LogP contribution in [0.5, 0.6) is 0 Å². The maximum Gasteiger partial charge on any atom is 0.271 e. The van der Waals surface area contributed by atoms with Crippen LogP contribution >= 0.6 is 0 Å². The Morgan fingerprint density at radius 3 is 2.67 bits per heavy atom. The summed E-state index contributed by atoms with van der Waals surface area (Å²) in [5.74, 6) is -0.262. The Balaban J connectivity index is 1.89. The van der Waals surface area contributed by atoms with Crippen molar-refractivity contribution in [3.8, 4) is 0 Å². The summed E-state index contributed by atoms with van der Waals surface area (Å²) in [5.41, 5.74) is 1.19. The van der Waals surface area contributed by atoms with Gasteiger partial charge in [0.2, 0.25) is 0 Å². The van der Waals surface area contributed by atoms with Gasteiger partial charge in [0.1, 0.15) is 5.69 Å². The first kappa shape index (κ1) is 17.7. The number of carbonyl (C=O) groups is 1. The van der Waals surface area contributed by atoms with Gasteiger partial charge in [-0.3, -0.25) is 9.59 Å². The van der Waals surface area contributed by atoms with Gasteiger partial charge in [0.25, 0.3) is 11.5 Å². The number of aromatic nitrogens is 2. The summed E-state index contributed by atoms with van der Waals surface area (Å²) in [6.07, 6.45) is 1.83. The van der Waals surface area contributed by atoms with E-state index in [0.717, 1.165) is 18.5 Å². The Morgan fingerprint density at radius 1 is 1.21 bits per heavy atom. The normalized spacial score (nSPS) is 10.4. The zero-order chi connectivity index (χ0) is 17.4. The van der Waals surface area contributed by atoms with Crippen LogP contribution in [0.3, 0.4) is 0 Å². The summed E-state index contributed by atoms with van der Waals surface area (Å²) >= 11 is 0. The van der Waals surface area contributed by atoms with Crippen LogP contribution in [0.25, 0.3) is 0 Å². The molecule has 1 N–H and O–H groups in total. The molecule has 0 bridgehead atoms. The van der Waals surface area contributed by atoms with Crippen molar-refractivity contribution >= 4 is 11.6 Å². The summed E-state index contributed by atoms with van der Waals surface area (Å²) in [4.78, 5) is 26.0. The molecule has 1 aromatic carbocycles. The standard InChI is InChI=1S/C18H24N4O2/c1-3-4-13-22-17(23)11-10-16(20-22)18(24)19-12-14-21(2)15-8-6-5-7-9-15/h5-11H,3-4,12-14H2,1-2H3,(H,19,24). The zero-order valence-electron chi connectivity index (χ0n) is 14.2. The molecule has 0 unspecified atom stereocenters. The zero-order valence-corrected chi connectivity index (χ0v) is 14.2. The van der Waals surface area contributed by atoms with E-state index in [0.29, 0.717) is 19.6 Å². The lowest BCUT2D eigenvalue weighted by molar-refractivity contribution is 0.0947. The van der Waals surface area contributed by atoms with E-state index in [2.05, 4.69) is 15.3 Å². The molecule has 1 amide bonds. The largest absolute Gasteiger partial charge is 0.373 e. The molecule has 0 aliphatic heterocycles. The summed E-state index contributed by atoms with van der Waals surface area (Å²) in [6, 6.07) is 12.8. The van der Waals surface area contributed by atoms with E-state index >= 15 is 0 Å². The van der Waals surface area contributed by atoms with Gasteiger partial charge in [0.15, 0.2) is 0 Å². The number of amides is 1. The molecule has 2 aromatic rings. The van der Waals surface area contributed by atoms with Crippen molar-refractivity contribution in [1.82, 2.24) is 15.1 Å². The molecule has 1 heterocycles. The van der Waals surface area contributed by atoms with E-state index in [1.807, 2.05) is 44.3 Å². The number of carbonyl (C=O) groups excluding carboxylic acids is 1. The van der Waals surface area contributed by atoms with E-state index in [-0.39, 0.29) is 17.2 Å². The van der Waals surface area contributed by atoms with Crippen molar-refractivity contribution in [1.29, 1.82) is 0 Å². The molecule has 0 saturated carbocycles. The second-order valence-electron chi connectivity index (χ2n) is 5.65. The van der Waals surface area contributed by atoms with Crippen LogP contribution < -0.4 is 15.8 Å². The lowest BCUT2D eigenvalue weighted by Crippen LogP contribution is -2.34. The van der Waals surface area contributed by atoms with Crippen molar-refractivity contribution in [2.45, 2.75) is 26.3 Å². The number of nitrogens with one attached hydrogen (secondary N) is 1. The molecule has 6 nitrogen and oxygen atoms in total. The van der Waals surface area contributed by atoms with Gasteiger partial charge in [0, 0.05) is 38.4 Å². The Bertz CT molecular complexity index is 712. The van der Waals surface area contributed by atoms with Crippen molar-refractivity contribution < 1.29 is 4.79 Å². The lowest BCUT2D eigenvalue weighted by atomic mass is 10.3. The predicted molar refractivity (Wildman–Crippen MR) is 95.5 cm³/mol. The second kappa shape index (κ2) is 8.86. The molecule has 0 atom stereocenters. The number of unbranched alkanes of at least 4 members (excludes halogenated alkanes) is 1. The van der Waals surface area contributed by atoms with Crippen molar-refractivity contribution in [2.24, 2.45) is 0 Å². The van der Waals surface area contributed by atoms with E-state index in [4.69, 9.17) is 0 Å². The molecule has 0 radical (unpaired) electrons. The Morgan fingerprint density at radius 2 is 1.96 bits per heavy atom. The van der Waals surface area contributed by atoms with Gasteiger partial charge >= 0.3 is 0 Å². The molecule has 1 aromatic heterocycles. The average molecular weight is 328 g/mol. The van der Waals surface area contributed by atoms with E-state index in [1.165, 1.54) is 16.8 Å². The molecule has 2 rings (SSSR count). The smallest absolute Gasteiger partial charge is 0.271 e. The number of benzene rings is 1. The number of hydrogen-bond acceptors (Lipinski definition) is 4. The fraction of sp³-hybridized carbons (Fsp3) is 0.389. The highest BCUT2D eigenvalue weighted by Crippen LogP contribution is 2.09. The first-order chi connectivity index (χ1) is 11.6. The molecule has 0 aliphatic carbocycles. The highest BCUT2D eigenvalue weighted by Gasteiger charge is 2.09. The third-order valence-electron chi connectivity index (χ3n) is 3.75. The van der Waals surface area contributed by atoms with Crippen LogP contribution in [0.15, 0.2) is 47.3 Å². The number of hydrogen-bond donors (Lipinski definition) is 1. The number of anilines is 1. The molecule has 24 heavy (non-hydrogen) atoms. The third kappa shape index (κ3) is 4.94. The number of para-hydroxylation sites is 1. The minimum atomic E-state index is -0.262. The topological polar surface area (TPSA) is 67.2 Å². The monoisotopic (exact) mass is 328 g/mol. The molecule has 128 valence electrons. The SMILES string of the molecule is CCCCn1nc(C(=O)NCCN(C)c2ccccc2)ccc1=O. The van der Waals surface area contributed by atoms with E-state index < -0.39 is 0 Å². The fourth-order valence-electron chi connectivity index (χ4n) is 2.28. The summed E-state index contributed by atoms with van der Waals surface area (Å²) in [6.45, 7) is 3.77. The highest BCUT2D eigenvalue weighted by molar-refractivity contribution is 5.92. The minimum absolute atomic E-state index is 0.177. The first-order valence-corrected chi connectivity index (χ1v) is 8.24. The molecule has 0 aliphatic rings. The van der Waals surface area contributed by atoms with Crippen LogP contribution in [0.2, 0.25) is 0 Å². The molecule has 0 fully saturated rings. The fourth-order valence-corrected chi connectivity index (χ4v) is 2.28. The van der Waals surface area contributed by atoms with Crippen LogP contribution in [0.4, 0.5) is 5.69 Å². The second-order valence-corrected chi connectivity index (χ2v) is 5.65. The van der Waals surface area contributed by atoms with Gasteiger partial charge in [-0.05, 0) is 24.6 Å². The van der Waals surface area contributed by atoms with Gasteiger partial charge in [0.05, 0.1) is 0 Å². The first-order valence-electron chi connectivity index (χ1n) is 8.24. The number of aryl methyl sites for hydroxylation is 1. The van der Waals surface area contributed by atoms with Gasteiger partial charge in [-0.1, -0.05) is 31.5 Å². The highest BCUT2D eigenvalue weighted by atomic mass is 16.2. The summed E-state index contributed by atoms with van der Waals surface area (Å²) < 4.78 is 1.36. The van der Waals surface area contributed by atoms with Gasteiger partial charge in [-0.15, -0.1) is 0 Å². The van der Waals surface area contributed by atoms with Crippen LogP contribution in [-0.4, -0.2) is 35.8 Å². The number of likely N-dealkylation sites (N-methyl/N-ethyl adjacent to an activating group) is 1. The Labute approximate surface area is 142 Å². The molecule has 0 spiro atoms.